The van der Waals surface area contributed by atoms with Gasteiger partial charge >= 0.3 is 0 Å². The number of nitrogens with zero attached hydrogens (tertiary/aromatic N) is 3. The first-order chi connectivity index (χ1) is 8.60. The van der Waals surface area contributed by atoms with Crippen LogP contribution in [0.2, 0.25) is 5.02 Å². The molecule has 4 nitrogen and oxygen atoms in total. The lowest BCUT2D eigenvalue weighted by atomic mass is 10.2. The van der Waals surface area contributed by atoms with Crippen molar-refractivity contribution in [2.45, 2.75) is 13.3 Å². The fourth-order valence-electron chi connectivity index (χ4n) is 1.71. The van der Waals surface area contributed by atoms with Gasteiger partial charge in [-0.2, -0.15) is 10.4 Å². The molecule has 0 atom stereocenters. The summed E-state index contributed by atoms with van der Waals surface area (Å²) < 4.78 is 15.0. The molecule has 1 aromatic carbocycles. The van der Waals surface area contributed by atoms with Crippen LogP contribution >= 0.6 is 11.6 Å². The van der Waals surface area contributed by atoms with Gasteiger partial charge in [-0.15, -0.1) is 0 Å². The molecule has 1 aromatic heterocycles. The van der Waals surface area contributed by atoms with Crippen LogP contribution in [0.25, 0.3) is 5.69 Å². The summed E-state index contributed by atoms with van der Waals surface area (Å²) in [6.07, 6.45) is 0.534. The molecule has 0 bridgehead atoms. The number of anilines is 1. The van der Waals surface area contributed by atoms with E-state index in [1.54, 1.807) is 6.07 Å². The first kappa shape index (κ1) is 12.4. The van der Waals surface area contributed by atoms with Crippen molar-refractivity contribution >= 4 is 17.4 Å². The number of aryl methyl sites for hydroxylation is 1. The first-order valence-electron chi connectivity index (χ1n) is 5.32. The van der Waals surface area contributed by atoms with E-state index in [0.717, 1.165) is 0 Å². The molecule has 0 saturated heterocycles. The van der Waals surface area contributed by atoms with E-state index in [-0.39, 0.29) is 22.1 Å². The summed E-state index contributed by atoms with van der Waals surface area (Å²) >= 11 is 5.94. The zero-order chi connectivity index (χ0) is 13.3. The highest BCUT2D eigenvalue weighted by Crippen LogP contribution is 2.28. The average Bonchev–Trinajstić information content (AvgIpc) is 2.66. The molecule has 0 fully saturated rings. The molecule has 18 heavy (non-hydrogen) atoms. The Balaban J connectivity index is 2.73. The van der Waals surface area contributed by atoms with Crippen LogP contribution < -0.4 is 5.73 Å². The standard InChI is InChI=1S/C12H10ClFN4/c1-2-10-7(6-15)12(16)18(17-10)11-8(13)4-3-5-9(11)14/h3-5H,2,16H2,1H3. The smallest absolute Gasteiger partial charge is 0.150 e. The number of nitrogens with two attached hydrogens (primary N) is 1. The molecule has 6 heteroatoms. The van der Waals surface area contributed by atoms with Crippen LogP contribution in [0.5, 0.6) is 0 Å². The van der Waals surface area contributed by atoms with Crippen molar-refractivity contribution in [2.75, 3.05) is 5.73 Å². The van der Waals surface area contributed by atoms with Crippen molar-refractivity contribution in [1.29, 1.82) is 5.26 Å². The zero-order valence-electron chi connectivity index (χ0n) is 9.61. The summed E-state index contributed by atoms with van der Waals surface area (Å²) in [4.78, 5) is 0. The second kappa shape index (κ2) is 4.67. The maximum Gasteiger partial charge on any atom is 0.150 e. The second-order valence-corrected chi connectivity index (χ2v) is 4.06. The second-order valence-electron chi connectivity index (χ2n) is 3.65. The first-order valence-corrected chi connectivity index (χ1v) is 5.69. The SMILES string of the molecule is CCc1nn(-c2c(F)cccc2Cl)c(N)c1C#N. The number of halogens is 2. The molecule has 0 aliphatic heterocycles. The van der Waals surface area contributed by atoms with Gasteiger partial charge in [0.25, 0.3) is 0 Å². The monoisotopic (exact) mass is 264 g/mol. The van der Waals surface area contributed by atoms with Crippen molar-refractivity contribution in [1.82, 2.24) is 9.78 Å². The van der Waals surface area contributed by atoms with Gasteiger partial charge in [-0.3, -0.25) is 0 Å². The molecule has 0 saturated carbocycles. The Morgan fingerprint density at radius 2 is 2.28 bits per heavy atom. The molecule has 0 spiro atoms. The Bertz CT molecular complexity index is 622. The van der Waals surface area contributed by atoms with Gasteiger partial charge in [0, 0.05) is 0 Å². The summed E-state index contributed by atoms with van der Waals surface area (Å²) in [5, 5.41) is 13.3. The molecule has 0 aliphatic carbocycles. The van der Waals surface area contributed by atoms with Gasteiger partial charge in [-0.1, -0.05) is 24.6 Å². The maximum absolute atomic E-state index is 13.8. The third-order valence-corrected chi connectivity index (χ3v) is 2.89. The number of benzene rings is 1. The van der Waals surface area contributed by atoms with Crippen molar-refractivity contribution in [3.05, 3.63) is 40.3 Å². The van der Waals surface area contributed by atoms with Crippen LogP contribution in [0.1, 0.15) is 18.2 Å². The van der Waals surface area contributed by atoms with Gasteiger partial charge in [-0.05, 0) is 18.6 Å². The number of para-hydroxylation sites is 1. The minimum absolute atomic E-state index is 0.0628. The van der Waals surface area contributed by atoms with Crippen molar-refractivity contribution < 1.29 is 4.39 Å². The molecule has 2 N–H and O–H groups in total. The molecular weight excluding hydrogens is 255 g/mol. The highest BCUT2D eigenvalue weighted by atomic mass is 35.5. The lowest BCUT2D eigenvalue weighted by Gasteiger charge is -2.07. The van der Waals surface area contributed by atoms with Crippen LogP contribution in [-0.4, -0.2) is 9.78 Å². The van der Waals surface area contributed by atoms with E-state index in [1.807, 2.05) is 13.0 Å². The highest BCUT2D eigenvalue weighted by molar-refractivity contribution is 6.32. The van der Waals surface area contributed by atoms with Gasteiger partial charge in [0.15, 0.2) is 0 Å². The molecule has 1 heterocycles. The number of hydrogen-bond acceptors (Lipinski definition) is 3. The quantitative estimate of drug-likeness (QED) is 0.907. The largest absolute Gasteiger partial charge is 0.382 e. The molecule has 2 aromatic rings. The van der Waals surface area contributed by atoms with Crippen molar-refractivity contribution in [2.24, 2.45) is 0 Å². The number of nitriles is 1. The third-order valence-electron chi connectivity index (χ3n) is 2.59. The van der Waals surface area contributed by atoms with Crippen LogP contribution in [-0.2, 0) is 6.42 Å². The molecule has 0 amide bonds. The molecule has 0 unspecified atom stereocenters. The number of nitrogen functional groups attached to an aromatic ring is 1. The highest BCUT2D eigenvalue weighted by Gasteiger charge is 2.19. The van der Waals surface area contributed by atoms with Gasteiger partial charge in [0.1, 0.15) is 29.0 Å². The summed E-state index contributed by atoms with van der Waals surface area (Å²) in [5.74, 6) is -0.440. The maximum atomic E-state index is 13.8. The number of hydrogen-bond donors (Lipinski definition) is 1. The predicted octanol–water partition coefficient (Wildman–Crippen LogP) is 2.68. The fourth-order valence-corrected chi connectivity index (χ4v) is 1.95. The normalized spacial score (nSPS) is 10.3. The van der Waals surface area contributed by atoms with E-state index in [0.29, 0.717) is 12.1 Å². The van der Waals surface area contributed by atoms with E-state index < -0.39 is 5.82 Å². The lowest BCUT2D eigenvalue weighted by molar-refractivity contribution is 0.611. The van der Waals surface area contributed by atoms with E-state index in [2.05, 4.69) is 5.10 Å². The molecule has 0 aliphatic rings. The lowest BCUT2D eigenvalue weighted by Crippen LogP contribution is -2.05. The number of rotatable bonds is 2. The number of aromatic nitrogens is 2. The molecule has 92 valence electrons. The summed E-state index contributed by atoms with van der Waals surface area (Å²) in [7, 11) is 0. The van der Waals surface area contributed by atoms with Crippen molar-refractivity contribution in [3.63, 3.8) is 0 Å². The van der Waals surface area contributed by atoms with E-state index >= 15 is 0 Å². The summed E-state index contributed by atoms with van der Waals surface area (Å²) in [6.45, 7) is 1.84. The Kier molecular flexibility index (Phi) is 3.21. The third kappa shape index (κ3) is 1.81. The summed E-state index contributed by atoms with van der Waals surface area (Å²) in [5.41, 5.74) is 6.66. The molecular formula is C12H10ClFN4. The van der Waals surface area contributed by atoms with E-state index in [4.69, 9.17) is 22.6 Å². The van der Waals surface area contributed by atoms with Gasteiger partial charge in [0.2, 0.25) is 0 Å². The van der Waals surface area contributed by atoms with Gasteiger partial charge < -0.3 is 5.73 Å². The Morgan fingerprint density at radius 1 is 1.56 bits per heavy atom. The van der Waals surface area contributed by atoms with Crippen LogP contribution in [0.3, 0.4) is 0 Å². The van der Waals surface area contributed by atoms with Crippen LogP contribution in [0.4, 0.5) is 10.2 Å². The molecule has 0 radical (unpaired) electrons. The predicted molar refractivity (Wildman–Crippen MR) is 67.0 cm³/mol. The fraction of sp³-hybridized carbons (Fsp3) is 0.167. The summed E-state index contributed by atoms with van der Waals surface area (Å²) in [6, 6.07) is 6.27. The Hall–Kier alpha value is -2.06. The minimum atomic E-state index is -0.538. The molecule has 2 rings (SSSR count). The van der Waals surface area contributed by atoms with Gasteiger partial charge in [0.05, 0.1) is 10.7 Å². The topological polar surface area (TPSA) is 67.6 Å². The Morgan fingerprint density at radius 3 is 2.78 bits per heavy atom. The van der Waals surface area contributed by atoms with E-state index in [1.165, 1.54) is 16.8 Å². The van der Waals surface area contributed by atoms with Crippen molar-refractivity contribution in [3.8, 4) is 11.8 Å². The zero-order valence-corrected chi connectivity index (χ0v) is 10.4. The van der Waals surface area contributed by atoms with Crippen LogP contribution in [0.15, 0.2) is 18.2 Å². The average molecular weight is 265 g/mol. The van der Waals surface area contributed by atoms with E-state index in [9.17, 15) is 4.39 Å². The van der Waals surface area contributed by atoms with Gasteiger partial charge in [-0.25, -0.2) is 9.07 Å². The minimum Gasteiger partial charge on any atom is -0.382 e. The van der Waals surface area contributed by atoms with Crippen LogP contribution in [0, 0.1) is 17.1 Å². The Labute approximate surface area is 108 Å².